The van der Waals surface area contributed by atoms with Crippen LogP contribution in [0.5, 0.6) is 0 Å². The second kappa shape index (κ2) is 8.87. The molecule has 1 aromatic carbocycles. The van der Waals surface area contributed by atoms with E-state index in [1.165, 1.54) is 31.4 Å². The quantitative estimate of drug-likeness (QED) is 0.691. The molecule has 1 aliphatic rings. The molecule has 9 nitrogen and oxygen atoms in total. The van der Waals surface area contributed by atoms with Gasteiger partial charge in [-0.25, -0.2) is 14.5 Å². The molecule has 28 heavy (non-hydrogen) atoms. The van der Waals surface area contributed by atoms with Crippen LogP contribution < -0.4 is 10.6 Å². The zero-order valence-corrected chi connectivity index (χ0v) is 16.7. The number of benzene rings is 1. The standard InChI is InChI=1S/C18H23N3O6S/c1-4-15-12(2)11-21(16(15)22)17(23)20-9-8-13-6-5-7-14(10-13)28(25,26)27-18(24)19-3/h5-7,10-11,15H,4,8-9H2,1-3H3,(H,19,24)(H,20,23). The molecular weight excluding hydrogens is 386 g/mol. The molecule has 1 atom stereocenters. The minimum absolute atomic E-state index is 0.168. The van der Waals surface area contributed by atoms with E-state index in [0.29, 0.717) is 18.4 Å². The van der Waals surface area contributed by atoms with Crippen molar-refractivity contribution in [2.24, 2.45) is 5.92 Å². The second-order valence-electron chi connectivity index (χ2n) is 6.25. The Morgan fingerprint density at radius 3 is 2.61 bits per heavy atom. The first kappa shape index (κ1) is 21.4. The summed E-state index contributed by atoms with van der Waals surface area (Å²) in [6.07, 6.45) is 1.41. The zero-order chi connectivity index (χ0) is 20.9. The lowest BCUT2D eigenvalue weighted by Gasteiger charge is -2.15. The molecular formula is C18H23N3O6S. The van der Waals surface area contributed by atoms with Gasteiger partial charge in [0.05, 0.1) is 5.92 Å². The van der Waals surface area contributed by atoms with Gasteiger partial charge in [-0.2, -0.15) is 8.42 Å². The Kier molecular flexibility index (Phi) is 6.79. The third kappa shape index (κ3) is 4.89. The van der Waals surface area contributed by atoms with Crippen LogP contribution in [-0.2, 0) is 25.5 Å². The summed E-state index contributed by atoms with van der Waals surface area (Å²) in [7, 11) is -2.98. The van der Waals surface area contributed by atoms with Gasteiger partial charge in [-0.15, -0.1) is 0 Å². The van der Waals surface area contributed by atoms with Gasteiger partial charge in [0, 0.05) is 19.8 Å². The SMILES string of the molecule is CCC1C(=O)N(C(=O)NCCc2cccc(S(=O)(=O)OC(=O)NC)c2)C=C1C. The van der Waals surface area contributed by atoms with Gasteiger partial charge < -0.3 is 14.8 Å². The van der Waals surface area contributed by atoms with E-state index in [9.17, 15) is 22.8 Å². The van der Waals surface area contributed by atoms with Crippen LogP contribution in [0, 0.1) is 5.92 Å². The van der Waals surface area contributed by atoms with Crippen molar-refractivity contribution in [3.63, 3.8) is 0 Å². The van der Waals surface area contributed by atoms with Crippen molar-refractivity contribution in [2.75, 3.05) is 13.6 Å². The number of carbonyl (C=O) groups is 3. The summed E-state index contributed by atoms with van der Waals surface area (Å²) < 4.78 is 28.4. The van der Waals surface area contributed by atoms with Crippen molar-refractivity contribution in [2.45, 2.75) is 31.6 Å². The van der Waals surface area contributed by atoms with E-state index in [1.807, 2.05) is 13.8 Å². The number of nitrogens with one attached hydrogen (secondary N) is 2. The summed E-state index contributed by atoms with van der Waals surface area (Å²) in [6, 6.07) is 5.35. The summed E-state index contributed by atoms with van der Waals surface area (Å²) in [5.41, 5.74) is 1.46. The highest BCUT2D eigenvalue weighted by atomic mass is 32.2. The van der Waals surface area contributed by atoms with Gasteiger partial charge in [0.2, 0.25) is 5.91 Å². The van der Waals surface area contributed by atoms with Crippen molar-refractivity contribution in [1.82, 2.24) is 15.5 Å². The molecule has 10 heteroatoms. The van der Waals surface area contributed by atoms with Gasteiger partial charge in [0.15, 0.2) is 0 Å². The van der Waals surface area contributed by atoms with E-state index >= 15 is 0 Å². The highest BCUT2D eigenvalue weighted by Gasteiger charge is 2.33. The van der Waals surface area contributed by atoms with E-state index in [2.05, 4.69) is 14.8 Å². The molecule has 152 valence electrons. The van der Waals surface area contributed by atoms with Crippen molar-refractivity contribution in [3.8, 4) is 0 Å². The third-order valence-corrected chi connectivity index (χ3v) is 5.51. The van der Waals surface area contributed by atoms with Crippen LogP contribution in [0.15, 0.2) is 40.9 Å². The summed E-state index contributed by atoms with van der Waals surface area (Å²) >= 11 is 0. The Morgan fingerprint density at radius 1 is 1.29 bits per heavy atom. The largest absolute Gasteiger partial charge is 0.422 e. The van der Waals surface area contributed by atoms with Crippen LogP contribution in [0.3, 0.4) is 0 Å². The average molecular weight is 409 g/mol. The van der Waals surface area contributed by atoms with Crippen LogP contribution in [-0.4, -0.2) is 44.9 Å². The van der Waals surface area contributed by atoms with Crippen LogP contribution >= 0.6 is 0 Å². The summed E-state index contributed by atoms with van der Waals surface area (Å²) in [5, 5.41) is 4.71. The minimum atomic E-state index is -4.23. The molecule has 0 aromatic heterocycles. The zero-order valence-electron chi connectivity index (χ0n) is 15.9. The number of hydrogen-bond donors (Lipinski definition) is 2. The van der Waals surface area contributed by atoms with Crippen LogP contribution in [0.2, 0.25) is 0 Å². The van der Waals surface area contributed by atoms with Crippen molar-refractivity contribution in [1.29, 1.82) is 0 Å². The molecule has 1 aliphatic heterocycles. The maximum Gasteiger partial charge on any atom is 0.422 e. The molecule has 0 saturated heterocycles. The topological polar surface area (TPSA) is 122 Å². The van der Waals surface area contributed by atoms with Gasteiger partial charge >= 0.3 is 22.2 Å². The predicted molar refractivity (Wildman–Crippen MR) is 101 cm³/mol. The average Bonchev–Trinajstić information content (AvgIpc) is 2.95. The van der Waals surface area contributed by atoms with E-state index in [0.717, 1.165) is 10.5 Å². The number of carbonyl (C=O) groups excluding carboxylic acids is 3. The maximum atomic E-state index is 12.2. The number of nitrogens with zero attached hydrogens (tertiary/aromatic N) is 1. The van der Waals surface area contributed by atoms with Crippen molar-refractivity contribution in [3.05, 3.63) is 41.6 Å². The highest BCUT2D eigenvalue weighted by molar-refractivity contribution is 7.87. The molecule has 0 bridgehead atoms. The molecule has 4 amide bonds. The molecule has 0 saturated carbocycles. The van der Waals surface area contributed by atoms with Crippen molar-refractivity contribution >= 4 is 28.1 Å². The number of urea groups is 1. The number of amides is 4. The van der Waals surface area contributed by atoms with Gasteiger partial charge in [-0.05, 0) is 43.0 Å². The van der Waals surface area contributed by atoms with Gasteiger partial charge in [-0.1, -0.05) is 19.1 Å². The second-order valence-corrected chi connectivity index (χ2v) is 7.79. The molecule has 1 unspecified atom stereocenters. The molecule has 0 radical (unpaired) electrons. The van der Waals surface area contributed by atoms with Gasteiger partial charge in [0.25, 0.3) is 0 Å². The predicted octanol–water partition coefficient (Wildman–Crippen LogP) is 1.76. The lowest BCUT2D eigenvalue weighted by Crippen LogP contribution is -2.40. The molecule has 0 spiro atoms. The molecule has 2 N–H and O–H groups in total. The first-order valence-electron chi connectivity index (χ1n) is 8.74. The molecule has 2 rings (SSSR count). The van der Waals surface area contributed by atoms with Gasteiger partial charge in [-0.3, -0.25) is 4.79 Å². The fourth-order valence-electron chi connectivity index (χ4n) is 2.82. The number of hydrogen-bond acceptors (Lipinski definition) is 6. The lowest BCUT2D eigenvalue weighted by atomic mass is 10.0. The first-order valence-corrected chi connectivity index (χ1v) is 10.1. The first-order chi connectivity index (χ1) is 13.2. The van der Waals surface area contributed by atoms with E-state index < -0.39 is 22.2 Å². The lowest BCUT2D eigenvalue weighted by molar-refractivity contribution is -0.127. The van der Waals surface area contributed by atoms with E-state index in [4.69, 9.17) is 0 Å². The van der Waals surface area contributed by atoms with E-state index in [1.54, 1.807) is 6.07 Å². The van der Waals surface area contributed by atoms with Crippen LogP contribution in [0.25, 0.3) is 0 Å². The molecule has 1 aromatic rings. The third-order valence-electron chi connectivity index (χ3n) is 4.31. The summed E-state index contributed by atoms with van der Waals surface area (Å²) in [4.78, 5) is 36.5. The smallest absolute Gasteiger partial charge is 0.337 e. The monoisotopic (exact) mass is 409 g/mol. The summed E-state index contributed by atoms with van der Waals surface area (Å²) in [5.74, 6) is -0.523. The van der Waals surface area contributed by atoms with Gasteiger partial charge in [0.1, 0.15) is 4.90 Å². The number of imide groups is 1. The fraction of sp³-hybridized carbons (Fsp3) is 0.389. The maximum absolute atomic E-state index is 12.2. The Balaban J connectivity index is 1.96. The Bertz CT molecular complexity index is 910. The fourth-order valence-corrected chi connectivity index (χ4v) is 3.74. The minimum Gasteiger partial charge on any atom is -0.337 e. The van der Waals surface area contributed by atoms with E-state index in [-0.39, 0.29) is 23.3 Å². The van der Waals surface area contributed by atoms with Crippen molar-refractivity contribution < 1.29 is 27.0 Å². The highest BCUT2D eigenvalue weighted by Crippen LogP contribution is 2.25. The Morgan fingerprint density at radius 2 is 2.00 bits per heavy atom. The Labute approximate surface area is 163 Å². The van der Waals surface area contributed by atoms with Crippen LogP contribution in [0.4, 0.5) is 9.59 Å². The molecule has 1 heterocycles. The van der Waals surface area contributed by atoms with Crippen LogP contribution in [0.1, 0.15) is 25.8 Å². The Hall–Kier alpha value is -2.88. The number of rotatable bonds is 6. The molecule has 0 fully saturated rings. The molecule has 0 aliphatic carbocycles. The normalized spacial score (nSPS) is 16.5. The summed E-state index contributed by atoms with van der Waals surface area (Å²) in [6.45, 7) is 3.90.